The van der Waals surface area contributed by atoms with Crippen LogP contribution in [0.3, 0.4) is 0 Å². The molecule has 0 amide bonds. The van der Waals surface area contributed by atoms with Gasteiger partial charge in [0.25, 0.3) is 0 Å². The van der Waals surface area contributed by atoms with Gasteiger partial charge in [-0.15, -0.1) is 0 Å². The molecule has 8 heteroatoms. The molecule has 1 N–H and O–H groups in total. The number of likely N-dealkylation sites (tertiary alicyclic amines) is 1. The second kappa shape index (κ2) is 9.01. The standard InChI is InChI=1S/C20H21ClFN3O2S/c21-19-4-2-1-3-16(19)14-25-9-7-15(8-10-25)13-24-28(26,27)18-5-6-20(22)17(11-18)12-23/h1-6,11,15,24H,7-10,13-14H2. The summed E-state index contributed by atoms with van der Waals surface area (Å²) in [5, 5.41) is 9.63. The summed E-state index contributed by atoms with van der Waals surface area (Å²) < 4.78 is 40.9. The molecule has 2 aromatic carbocycles. The topological polar surface area (TPSA) is 73.2 Å². The Morgan fingerprint density at radius 2 is 1.93 bits per heavy atom. The fourth-order valence-electron chi connectivity index (χ4n) is 3.28. The van der Waals surface area contributed by atoms with Gasteiger partial charge in [-0.1, -0.05) is 29.8 Å². The molecular formula is C20H21ClFN3O2S. The lowest BCUT2D eigenvalue weighted by Crippen LogP contribution is -2.38. The lowest BCUT2D eigenvalue weighted by molar-refractivity contribution is 0.178. The summed E-state index contributed by atoms with van der Waals surface area (Å²) in [6.45, 7) is 2.84. The van der Waals surface area contributed by atoms with E-state index in [1.54, 1.807) is 6.07 Å². The monoisotopic (exact) mass is 421 g/mol. The molecule has 0 bridgehead atoms. The molecule has 0 aliphatic carbocycles. The highest BCUT2D eigenvalue weighted by molar-refractivity contribution is 7.89. The summed E-state index contributed by atoms with van der Waals surface area (Å²) in [6.07, 6.45) is 1.75. The Morgan fingerprint density at radius 3 is 2.61 bits per heavy atom. The van der Waals surface area contributed by atoms with Crippen molar-refractivity contribution in [1.29, 1.82) is 5.26 Å². The molecule has 1 aliphatic rings. The fraction of sp³-hybridized carbons (Fsp3) is 0.350. The van der Waals surface area contributed by atoms with Crippen LogP contribution in [0.1, 0.15) is 24.0 Å². The van der Waals surface area contributed by atoms with Gasteiger partial charge in [-0.2, -0.15) is 5.26 Å². The maximum absolute atomic E-state index is 13.4. The minimum absolute atomic E-state index is 0.0957. The predicted molar refractivity (Wildman–Crippen MR) is 106 cm³/mol. The first kappa shape index (κ1) is 20.7. The van der Waals surface area contributed by atoms with E-state index in [0.717, 1.165) is 55.2 Å². The van der Waals surface area contributed by atoms with E-state index in [9.17, 15) is 12.8 Å². The third-order valence-corrected chi connectivity index (χ3v) is 6.78. The van der Waals surface area contributed by atoms with Crippen molar-refractivity contribution < 1.29 is 12.8 Å². The van der Waals surface area contributed by atoms with Gasteiger partial charge in [-0.25, -0.2) is 17.5 Å². The smallest absolute Gasteiger partial charge is 0.240 e. The van der Waals surface area contributed by atoms with Crippen LogP contribution in [0.2, 0.25) is 5.02 Å². The van der Waals surface area contributed by atoms with Crippen molar-refractivity contribution in [2.45, 2.75) is 24.3 Å². The van der Waals surface area contributed by atoms with E-state index >= 15 is 0 Å². The number of hydrogen-bond donors (Lipinski definition) is 1. The summed E-state index contributed by atoms with van der Waals surface area (Å²) in [5.74, 6) is -0.500. The Hall–Kier alpha value is -1.98. The van der Waals surface area contributed by atoms with Crippen LogP contribution in [0, 0.1) is 23.1 Å². The van der Waals surface area contributed by atoms with E-state index in [2.05, 4.69) is 9.62 Å². The van der Waals surface area contributed by atoms with Crippen LogP contribution < -0.4 is 4.72 Å². The van der Waals surface area contributed by atoms with Crippen molar-refractivity contribution in [3.05, 3.63) is 64.4 Å². The molecule has 28 heavy (non-hydrogen) atoms. The predicted octanol–water partition coefficient (Wildman–Crippen LogP) is 3.54. The lowest BCUT2D eigenvalue weighted by atomic mass is 9.97. The first-order valence-corrected chi connectivity index (χ1v) is 10.9. The first-order chi connectivity index (χ1) is 13.4. The number of sulfonamides is 1. The molecule has 1 saturated heterocycles. The maximum Gasteiger partial charge on any atom is 0.240 e. The summed E-state index contributed by atoms with van der Waals surface area (Å²) in [7, 11) is -3.78. The molecule has 1 aliphatic heterocycles. The van der Waals surface area contributed by atoms with Crippen LogP contribution in [-0.2, 0) is 16.6 Å². The average Bonchev–Trinajstić information content (AvgIpc) is 2.69. The van der Waals surface area contributed by atoms with Gasteiger partial charge in [0, 0.05) is 18.1 Å². The Kier molecular flexibility index (Phi) is 6.68. The van der Waals surface area contributed by atoms with Gasteiger partial charge in [0.1, 0.15) is 11.9 Å². The first-order valence-electron chi connectivity index (χ1n) is 9.04. The summed E-state index contributed by atoms with van der Waals surface area (Å²) in [6, 6.07) is 12.7. The highest BCUT2D eigenvalue weighted by atomic mass is 35.5. The Bertz CT molecular complexity index is 983. The average molecular weight is 422 g/mol. The molecular weight excluding hydrogens is 401 g/mol. The Morgan fingerprint density at radius 1 is 1.21 bits per heavy atom. The van der Waals surface area contributed by atoms with Crippen molar-refractivity contribution in [1.82, 2.24) is 9.62 Å². The summed E-state index contributed by atoms with van der Waals surface area (Å²) in [5.41, 5.74) is 0.809. The fourth-order valence-corrected chi connectivity index (χ4v) is 4.62. The molecule has 3 rings (SSSR count). The minimum atomic E-state index is -3.78. The molecule has 0 aromatic heterocycles. The van der Waals surface area contributed by atoms with Crippen LogP contribution >= 0.6 is 11.6 Å². The van der Waals surface area contributed by atoms with Crippen molar-refractivity contribution in [3.8, 4) is 6.07 Å². The number of piperidine rings is 1. The Balaban J connectivity index is 1.52. The number of halogens is 2. The second-order valence-corrected chi connectivity index (χ2v) is 9.09. The van der Waals surface area contributed by atoms with Crippen LogP contribution in [0.25, 0.3) is 0 Å². The molecule has 148 valence electrons. The molecule has 0 saturated carbocycles. The van der Waals surface area contributed by atoms with Crippen molar-refractivity contribution in [2.75, 3.05) is 19.6 Å². The molecule has 0 radical (unpaired) electrons. The number of nitrogens with zero attached hydrogens (tertiary/aromatic N) is 2. The van der Waals surface area contributed by atoms with E-state index in [-0.39, 0.29) is 16.4 Å². The van der Waals surface area contributed by atoms with Gasteiger partial charge in [0.15, 0.2) is 0 Å². The molecule has 1 fully saturated rings. The zero-order valence-electron chi connectivity index (χ0n) is 15.2. The molecule has 0 unspecified atom stereocenters. The second-order valence-electron chi connectivity index (χ2n) is 6.92. The van der Waals surface area contributed by atoms with E-state index in [4.69, 9.17) is 16.9 Å². The van der Waals surface area contributed by atoms with Gasteiger partial charge < -0.3 is 0 Å². The molecule has 2 aromatic rings. The number of nitrogens with one attached hydrogen (secondary N) is 1. The van der Waals surface area contributed by atoms with Crippen LogP contribution in [-0.4, -0.2) is 33.0 Å². The molecule has 1 heterocycles. The van der Waals surface area contributed by atoms with Crippen LogP contribution in [0.4, 0.5) is 4.39 Å². The van der Waals surface area contributed by atoms with Crippen molar-refractivity contribution in [2.24, 2.45) is 5.92 Å². The number of benzene rings is 2. The highest BCUT2D eigenvalue weighted by Crippen LogP contribution is 2.22. The summed E-state index contributed by atoms with van der Waals surface area (Å²) in [4.78, 5) is 2.22. The van der Waals surface area contributed by atoms with Gasteiger partial charge in [0.2, 0.25) is 10.0 Å². The highest BCUT2D eigenvalue weighted by Gasteiger charge is 2.23. The normalized spacial score (nSPS) is 16.0. The lowest BCUT2D eigenvalue weighted by Gasteiger charge is -2.32. The number of rotatable bonds is 6. The SMILES string of the molecule is N#Cc1cc(S(=O)(=O)NCC2CCN(Cc3ccccc3Cl)CC2)ccc1F. The van der Waals surface area contributed by atoms with Crippen LogP contribution in [0.15, 0.2) is 47.4 Å². The maximum atomic E-state index is 13.4. The summed E-state index contributed by atoms with van der Waals surface area (Å²) >= 11 is 6.21. The van der Waals surface area contributed by atoms with E-state index < -0.39 is 15.8 Å². The zero-order chi connectivity index (χ0) is 20.1. The quantitative estimate of drug-likeness (QED) is 0.774. The number of nitriles is 1. The van der Waals surface area contributed by atoms with Crippen molar-refractivity contribution in [3.63, 3.8) is 0 Å². The van der Waals surface area contributed by atoms with Gasteiger partial charge in [-0.3, -0.25) is 4.90 Å². The van der Waals surface area contributed by atoms with Gasteiger partial charge in [0.05, 0.1) is 10.5 Å². The largest absolute Gasteiger partial charge is 0.299 e. The van der Waals surface area contributed by atoms with E-state index in [1.807, 2.05) is 24.3 Å². The van der Waals surface area contributed by atoms with Crippen LogP contribution in [0.5, 0.6) is 0 Å². The molecule has 5 nitrogen and oxygen atoms in total. The third kappa shape index (κ3) is 5.09. The third-order valence-electron chi connectivity index (χ3n) is 4.99. The molecule has 0 atom stereocenters. The molecule has 0 spiro atoms. The van der Waals surface area contributed by atoms with Gasteiger partial charge >= 0.3 is 0 Å². The number of hydrogen-bond acceptors (Lipinski definition) is 4. The van der Waals surface area contributed by atoms with Crippen molar-refractivity contribution >= 4 is 21.6 Å². The van der Waals surface area contributed by atoms with E-state index in [1.165, 1.54) is 6.07 Å². The Labute approximate surface area is 169 Å². The van der Waals surface area contributed by atoms with E-state index in [0.29, 0.717) is 6.54 Å². The minimum Gasteiger partial charge on any atom is -0.299 e. The van der Waals surface area contributed by atoms with Gasteiger partial charge in [-0.05, 0) is 61.7 Å². The zero-order valence-corrected chi connectivity index (χ0v) is 16.8.